The third kappa shape index (κ3) is 10.9. The van der Waals surface area contributed by atoms with Crippen molar-refractivity contribution in [1.29, 1.82) is 0 Å². The normalized spacial score (nSPS) is 17.4. The van der Waals surface area contributed by atoms with Crippen LogP contribution in [0.3, 0.4) is 0 Å². The van der Waals surface area contributed by atoms with Crippen molar-refractivity contribution in [3.63, 3.8) is 0 Å². The van der Waals surface area contributed by atoms with Crippen molar-refractivity contribution in [3.8, 4) is 45.3 Å². The van der Waals surface area contributed by atoms with Gasteiger partial charge in [-0.1, -0.05) is 247 Å². The summed E-state index contributed by atoms with van der Waals surface area (Å²) in [6, 6.07) is 122. The van der Waals surface area contributed by atoms with Crippen molar-refractivity contribution in [3.05, 3.63) is 455 Å². The number of hydrogen-bond donors (Lipinski definition) is 0. The Hall–Kier alpha value is -14.3. The monoisotopic (exact) mass is 1540 g/mol. The Labute approximate surface area is 690 Å². The molecular weight excluding hydrogens is 1460 g/mol. The quantitative estimate of drug-likeness (QED) is 0.0961. The van der Waals surface area contributed by atoms with Crippen molar-refractivity contribution in [2.24, 2.45) is 0 Å². The van der Waals surface area contributed by atoms with Gasteiger partial charge in [-0.05, 0) is 282 Å². The van der Waals surface area contributed by atoms with E-state index in [1.807, 2.05) is 121 Å². The molecular formula is C111H80F2N2O4. The average molecular weight is 1540 g/mol. The molecule has 0 amide bonds. The number of ether oxygens (including phenoxy) is 2. The first-order valence-corrected chi connectivity index (χ1v) is 40.8. The Balaban J connectivity index is 0.741. The second kappa shape index (κ2) is 26.9. The van der Waals surface area contributed by atoms with Crippen LogP contribution in [0.1, 0.15) is 118 Å². The summed E-state index contributed by atoms with van der Waals surface area (Å²) in [5, 5.41) is 4.02. The first kappa shape index (κ1) is 71.2. The second-order valence-electron chi connectivity index (χ2n) is 33.7. The van der Waals surface area contributed by atoms with Gasteiger partial charge in [0.1, 0.15) is 57.0 Å². The van der Waals surface area contributed by atoms with E-state index in [9.17, 15) is 0 Å². The van der Waals surface area contributed by atoms with Crippen LogP contribution in [-0.4, -0.2) is 0 Å². The molecule has 1 spiro atoms. The van der Waals surface area contributed by atoms with E-state index in [-0.39, 0.29) is 22.5 Å². The van der Waals surface area contributed by atoms with Crippen molar-refractivity contribution < 1.29 is 27.1 Å². The Morgan fingerprint density at radius 1 is 0.303 bits per heavy atom. The van der Waals surface area contributed by atoms with Gasteiger partial charge < -0.3 is 28.1 Å². The molecule has 0 bridgehead atoms. The number of halogens is 2. The van der Waals surface area contributed by atoms with Gasteiger partial charge in [0.15, 0.2) is 0 Å². The molecule has 2 unspecified atom stereocenters. The summed E-state index contributed by atoms with van der Waals surface area (Å²) in [4.78, 5) is 4.94. The summed E-state index contributed by atoms with van der Waals surface area (Å²) in [7, 11) is 0. The van der Waals surface area contributed by atoms with E-state index in [1.165, 1.54) is 22.3 Å². The van der Waals surface area contributed by atoms with Gasteiger partial charge in [-0.3, -0.25) is 0 Å². The minimum atomic E-state index is -0.925. The smallest absolute Gasteiger partial charge is 0.137 e. The van der Waals surface area contributed by atoms with Crippen LogP contribution in [-0.2, 0) is 27.1 Å². The van der Waals surface area contributed by atoms with Gasteiger partial charge in [-0.25, -0.2) is 8.78 Å². The fourth-order valence-electron chi connectivity index (χ4n) is 21.3. The highest BCUT2D eigenvalue weighted by Crippen LogP contribution is 2.66. The minimum absolute atomic E-state index is 0.279. The van der Waals surface area contributed by atoms with Gasteiger partial charge in [-0.2, -0.15) is 0 Å². The van der Waals surface area contributed by atoms with Crippen LogP contribution in [0.5, 0.6) is 23.0 Å². The van der Waals surface area contributed by atoms with Gasteiger partial charge in [0.2, 0.25) is 0 Å². The van der Waals surface area contributed by atoms with Crippen LogP contribution in [0, 0.1) is 11.6 Å². The fraction of sp³-hybridized carbons (Fsp3) is 0.0991. The molecule has 2 heterocycles. The second-order valence-corrected chi connectivity index (χ2v) is 33.7. The number of anilines is 6. The summed E-state index contributed by atoms with van der Waals surface area (Å²) in [5.74, 6) is 2.20. The standard InChI is InChI=1S/C111H80F2N2O4/c1-7-69-31-51-81(52-32-69)116-83-55-39-73(40-56-83)110(71-35-43-75(112)44-36-71)91-23-13-9-19-85(91)87-59-47-77(63-95(87)110)114(99-25-17-29-103-105(99)89-21-11-15-27-101(89)118-103)79-49-61-93-97(65-79)109(67-107(93,3)4)68-108(5,6)94-62-50-80(66-98(94)109)115(100-26-18-30-104-106(100)90-22-12-16-28-102(90)119-104)78-48-60-88-86-20-10-14-24-92(86)111(96(88)64-78,72-37-45-76(113)46-38-72)74-41-57-84(58-42-74)117-82-53-33-70(8-2)34-54-82/h7-66H,1-2,67-68H2,3-6H3. The zero-order chi connectivity index (χ0) is 80.3. The summed E-state index contributed by atoms with van der Waals surface area (Å²) >= 11 is 0. The summed E-state index contributed by atoms with van der Waals surface area (Å²) in [5.41, 5.74) is 25.9. The molecule has 0 saturated heterocycles. The summed E-state index contributed by atoms with van der Waals surface area (Å²) < 4.78 is 58.0. The largest absolute Gasteiger partial charge is 0.457 e. The van der Waals surface area contributed by atoms with E-state index in [2.05, 4.69) is 269 Å². The predicted molar refractivity (Wildman–Crippen MR) is 481 cm³/mol. The van der Waals surface area contributed by atoms with Gasteiger partial charge in [-0.15, -0.1) is 0 Å². The molecule has 119 heavy (non-hydrogen) atoms. The molecule has 8 heteroatoms. The highest BCUT2D eigenvalue weighted by molar-refractivity contribution is 6.15. The molecule has 0 aliphatic heterocycles. The molecule has 0 fully saturated rings. The van der Waals surface area contributed by atoms with Gasteiger partial charge >= 0.3 is 0 Å². The highest BCUT2D eigenvalue weighted by atomic mass is 19.1. The van der Waals surface area contributed by atoms with Crippen molar-refractivity contribution >= 4 is 90.2 Å². The predicted octanol–water partition coefficient (Wildman–Crippen LogP) is 29.9. The number of fused-ring (bicyclic) bond motifs is 16. The molecule has 2 aromatic heterocycles. The van der Waals surface area contributed by atoms with Gasteiger partial charge in [0, 0.05) is 38.9 Å². The molecule has 0 saturated carbocycles. The van der Waals surface area contributed by atoms with Crippen LogP contribution >= 0.6 is 0 Å². The first-order valence-electron chi connectivity index (χ1n) is 40.8. The van der Waals surface area contributed by atoms with E-state index in [0.717, 1.165) is 169 Å². The molecule has 4 aliphatic carbocycles. The number of benzene rings is 16. The molecule has 4 aliphatic rings. The SMILES string of the molecule is C=Cc1ccc(Oc2ccc(C3(c4ccc(F)cc4)c4ccccc4-c4ccc(N(c5ccc6c(c5)C5(CC6(C)C)CC(C)(C)c6ccc(N(c7ccc8c(c7)C(c7ccc(F)cc7)(c7ccc(Oc9ccc(C=C)cc9)cc7)c7ccccc7-8)c7cccc8oc9ccccc9c78)cc65)c5cccc6oc7ccccc7c56)cc43)cc2)cc1. The lowest BCUT2D eigenvalue weighted by Crippen LogP contribution is -2.29. The Morgan fingerprint density at radius 2 is 0.622 bits per heavy atom. The molecule has 22 rings (SSSR count). The van der Waals surface area contributed by atoms with E-state index in [4.69, 9.17) is 18.3 Å². The van der Waals surface area contributed by atoms with E-state index >= 15 is 8.78 Å². The molecule has 0 N–H and O–H groups in total. The number of furan rings is 2. The maximum atomic E-state index is 15.6. The lowest BCUT2D eigenvalue weighted by Gasteiger charge is -2.35. The average Bonchev–Trinajstić information content (AvgIpc) is 1.55. The van der Waals surface area contributed by atoms with E-state index in [1.54, 1.807) is 24.3 Å². The maximum Gasteiger partial charge on any atom is 0.137 e. The molecule has 16 aromatic carbocycles. The molecule has 18 aromatic rings. The van der Waals surface area contributed by atoms with Crippen LogP contribution in [0.25, 0.3) is 78.3 Å². The lowest BCUT2D eigenvalue weighted by atomic mass is 9.67. The number of hydrogen-bond acceptors (Lipinski definition) is 6. The van der Waals surface area contributed by atoms with Crippen LogP contribution in [0.15, 0.2) is 374 Å². The Morgan fingerprint density at radius 3 is 1.01 bits per heavy atom. The molecule has 572 valence electrons. The van der Waals surface area contributed by atoms with Crippen molar-refractivity contribution in [1.82, 2.24) is 0 Å². The minimum Gasteiger partial charge on any atom is -0.457 e. The van der Waals surface area contributed by atoms with Gasteiger partial charge in [0.25, 0.3) is 0 Å². The third-order valence-corrected chi connectivity index (χ3v) is 26.1. The lowest BCUT2D eigenvalue weighted by molar-refractivity contribution is 0.349. The Kier molecular flexibility index (Phi) is 16.1. The summed E-state index contributed by atoms with van der Waals surface area (Å²) in [6.45, 7) is 17.7. The van der Waals surface area contributed by atoms with E-state index in [0.29, 0.717) is 23.0 Å². The Bertz CT molecular complexity index is 6750. The molecule has 2 atom stereocenters. The van der Waals surface area contributed by atoms with E-state index < -0.39 is 16.2 Å². The van der Waals surface area contributed by atoms with Crippen LogP contribution in [0.2, 0.25) is 0 Å². The van der Waals surface area contributed by atoms with Crippen LogP contribution in [0.4, 0.5) is 42.9 Å². The number of para-hydroxylation sites is 2. The third-order valence-electron chi connectivity index (χ3n) is 26.1. The fourth-order valence-corrected chi connectivity index (χ4v) is 21.3. The first-order chi connectivity index (χ1) is 58.1. The maximum absolute atomic E-state index is 15.6. The number of rotatable bonds is 16. The number of nitrogens with zero attached hydrogens (tertiary/aromatic N) is 2. The van der Waals surface area contributed by atoms with Gasteiger partial charge in [0.05, 0.1) is 33.0 Å². The summed E-state index contributed by atoms with van der Waals surface area (Å²) in [6.07, 6.45) is 5.36. The highest BCUT2D eigenvalue weighted by Gasteiger charge is 2.57. The zero-order valence-electron chi connectivity index (χ0n) is 66.3. The van der Waals surface area contributed by atoms with Crippen molar-refractivity contribution in [2.45, 2.75) is 67.6 Å². The molecule has 0 radical (unpaired) electrons. The zero-order valence-corrected chi connectivity index (χ0v) is 66.3. The van der Waals surface area contributed by atoms with Crippen LogP contribution < -0.4 is 19.3 Å². The topological polar surface area (TPSA) is 51.2 Å². The van der Waals surface area contributed by atoms with Crippen molar-refractivity contribution in [2.75, 3.05) is 9.80 Å². The molecule has 6 nitrogen and oxygen atoms in total.